The lowest BCUT2D eigenvalue weighted by Gasteiger charge is -2.37. The van der Waals surface area contributed by atoms with Crippen LogP contribution in [0.4, 0.5) is 0 Å². The Hall–Kier alpha value is -1.85. The Kier molecular flexibility index (Phi) is 4.88. The van der Waals surface area contributed by atoms with Gasteiger partial charge in [0.15, 0.2) is 0 Å². The smallest absolute Gasteiger partial charge is 0.292 e. The van der Waals surface area contributed by atoms with Crippen molar-refractivity contribution in [2.75, 3.05) is 7.05 Å². The van der Waals surface area contributed by atoms with E-state index in [1.54, 1.807) is 7.05 Å². The van der Waals surface area contributed by atoms with Gasteiger partial charge in [-0.2, -0.15) is 0 Å². The van der Waals surface area contributed by atoms with Crippen LogP contribution in [0.2, 0.25) is 0 Å². The number of hydrogen-bond donors (Lipinski definition) is 1. The van der Waals surface area contributed by atoms with Crippen LogP contribution >= 0.6 is 0 Å². The number of nitrogens with zero attached hydrogens (tertiary/aromatic N) is 2. The van der Waals surface area contributed by atoms with Gasteiger partial charge in [-0.25, -0.2) is 0 Å². The number of primary amides is 1. The number of aromatic nitrogens is 1. The van der Waals surface area contributed by atoms with Gasteiger partial charge in [-0.3, -0.25) is 9.59 Å². The largest absolute Gasteiger partial charge is 0.368 e. The van der Waals surface area contributed by atoms with Gasteiger partial charge in [0, 0.05) is 13.1 Å². The predicted octanol–water partition coefficient (Wildman–Crippen LogP) is 2.21. The summed E-state index contributed by atoms with van der Waals surface area (Å²) in [5, 5.41) is 3.53. The molecular weight excluding hydrogens is 282 g/mol. The molecule has 6 heteroatoms. The molecule has 0 aliphatic heterocycles. The van der Waals surface area contributed by atoms with E-state index in [0.717, 1.165) is 19.3 Å². The van der Waals surface area contributed by atoms with Crippen LogP contribution in [0.25, 0.3) is 0 Å². The first-order valence-corrected chi connectivity index (χ1v) is 7.77. The SMILES string of the molecule is CN(C(=O)c1ccno1)C(CC1CCCC(C)(C)C1)C(N)=O. The maximum Gasteiger partial charge on any atom is 0.292 e. The third kappa shape index (κ3) is 3.87. The third-order valence-corrected chi connectivity index (χ3v) is 4.63. The van der Waals surface area contributed by atoms with Crippen LogP contribution in [0.1, 0.15) is 56.5 Å². The van der Waals surface area contributed by atoms with Gasteiger partial charge in [0.05, 0.1) is 6.20 Å². The lowest BCUT2D eigenvalue weighted by Crippen LogP contribution is -2.47. The molecule has 6 nitrogen and oxygen atoms in total. The Bertz CT molecular complexity index is 525. The fourth-order valence-corrected chi connectivity index (χ4v) is 3.48. The van der Waals surface area contributed by atoms with Gasteiger partial charge < -0.3 is 15.2 Å². The van der Waals surface area contributed by atoms with Gasteiger partial charge in [-0.1, -0.05) is 31.8 Å². The second kappa shape index (κ2) is 6.50. The van der Waals surface area contributed by atoms with Crippen molar-refractivity contribution < 1.29 is 14.1 Å². The Balaban J connectivity index is 2.06. The monoisotopic (exact) mass is 307 g/mol. The van der Waals surface area contributed by atoms with Crippen molar-refractivity contribution in [1.82, 2.24) is 10.1 Å². The van der Waals surface area contributed by atoms with E-state index in [4.69, 9.17) is 10.3 Å². The Morgan fingerprint density at radius 3 is 2.82 bits per heavy atom. The first-order valence-electron chi connectivity index (χ1n) is 7.77. The zero-order valence-electron chi connectivity index (χ0n) is 13.5. The van der Waals surface area contributed by atoms with Gasteiger partial charge in [-0.05, 0) is 30.6 Å². The van der Waals surface area contributed by atoms with E-state index >= 15 is 0 Å². The molecule has 0 radical (unpaired) electrons. The second-order valence-corrected chi connectivity index (χ2v) is 7.07. The number of nitrogens with two attached hydrogens (primary N) is 1. The van der Waals surface area contributed by atoms with Crippen molar-refractivity contribution in [3.05, 3.63) is 18.0 Å². The molecule has 22 heavy (non-hydrogen) atoms. The average Bonchev–Trinajstić information content (AvgIpc) is 2.96. The number of carbonyl (C=O) groups excluding carboxylic acids is 2. The zero-order chi connectivity index (χ0) is 16.3. The highest BCUT2D eigenvalue weighted by atomic mass is 16.5. The van der Waals surface area contributed by atoms with Crippen molar-refractivity contribution in [2.45, 2.75) is 52.0 Å². The number of likely N-dealkylation sites (N-methyl/N-ethyl adjacent to an activating group) is 1. The van der Waals surface area contributed by atoms with Crippen molar-refractivity contribution in [1.29, 1.82) is 0 Å². The standard InChI is InChI=1S/C16H25N3O3/c1-16(2)7-4-5-11(10-16)9-12(14(17)20)19(3)15(21)13-6-8-18-22-13/h6,8,11-12H,4-5,7,9-10H2,1-3H3,(H2,17,20). The molecule has 1 fully saturated rings. The van der Waals surface area contributed by atoms with Crippen LogP contribution < -0.4 is 5.73 Å². The molecule has 0 spiro atoms. The minimum Gasteiger partial charge on any atom is -0.368 e. The van der Waals surface area contributed by atoms with Crippen molar-refractivity contribution in [3.63, 3.8) is 0 Å². The van der Waals surface area contributed by atoms with Crippen LogP contribution in [0.5, 0.6) is 0 Å². The molecule has 2 unspecified atom stereocenters. The van der Waals surface area contributed by atoms with E-state index in [1.165, 1.54) is 23.6 Å². The highest BCUT2D eigenvalue weighted by Gasteiger charge is 2.34. The highest BCUT2D eigenvalue weighted by molar-refractivity contribution is 5.94. The van der Waals surface area contributed by atoms with E-state index in [9.17, 15) is 9.59 Å². The van der Waals surface area contributed by atoms with Crippen molar-refractivity contribution in [3.8, 4) is 0 Å². The van der Waals surface area contributed by atoms with Gasteiger partial charge in [-0.15, -0.1) is 0 Å². The fraction of sp³-hybridized carbons (Fsp3) is 0.688. The minimum absolute atomic E-state index is 0.123. The molecule has 1 aromatic rings. The highest BCUT2D eigenvalue weighted by Crippen LogP contribution is 2.40. The molecule has 1 aromatic heterocycles. The molecule has 2 atom stereocenters. The number of rotatable bonds is 5. The van der Waals surface area contributed by atoms with E-state index in [1.807, 2.05) is 0 Å². The summed E-state index contributed by atoms with van der Waals surface area (Å²) >= 11 is 0. The maximum absolute atomic E-state index is 12.3. The van der Waals surface area contributed by atoms with Gasteiger partial charge in [0.25, 0.3) is 5.91 Å². The molecule has 1 saturated carbocycles. The molecular formula is C16H25N3O3. The number of carbonyl (C=O) groups is 2. The lowest BCUT2D eigenvalue weighted by atomic mass is 9.70. The van der Waals surface area contributed by atoms with Gasteiger partial charge in [0.1, 0.15) is 6.04 Å². The quantitative estimate of drug-likeness (QED) is 0.903. The summed E-state index contributed by atoms with van der Waals surface area (Å²) in [5.74, 6) is -0.306. The maximum atomic E-state index is 12.3. The average molecular weight is 307 g/mol. The van der Waals surface area contributed by atoms with Gasteiger partial charge >= 0.3 is 0 Å². The molecule has 122 valence electrons. The van der Waals surface area contributed by atoms with Crippen molar-refractivity contribution in [2.24, 2.45) is 17.1 Å². The fourth-order valence-electron chi connectivity index (χ4n) is 3.48. The summed E-state index contributed by atoms with van der Waals surface area (Å²) in [6.07, 6.45) is 6.51. The molecule has 0 saturated heterocycles. The summed E-state index contributed by atoms with van der Waals surface area (Å²) < 4.78 is 4.88. The van der Waals surface area contributed by atoms with E-state index in [0.29, 0.717) is 17.8 Å². The number of hydrogen-bond acceptors (Lipinski definition) is 4. The molecule has 1 aliphatic carbocycles. The molecule has 2 amide bonds. The summed E-state index contributed by atoms with van der Waals surface area (Å²) in [4.78, 5) is 25.5. The first-order chi connectivity index (χ1) is 10.3. The Morgan fingerprint density at radius 2 is 2.27 bits per heavy atom. The van der Waals surface area contributed by atoms with Crippen LogP contribution in [0, 0.1) is 11.3 Å². The molecule has 2 N–H and O–H groups in total. The molecule has 0 aromatic carbocycles. The minimum atomic E-state index is -0.614. The zero-order valence-corrected chi connectivity index (χ0v) is 13.5. The first kappa shape index (κ1) is 16.5. The Labute approximate surface area is 131 Å². The molecule has 1 aliphatic rings. The lowest BCUT2D eigenvalue weighted by molar-refractivity contribution is -0.122. The normalized spacial score (nSPS) is 22.0. The van der Waals surface area contributed by atoms with Crippen molar-refractivity contribution >= 4 is 11.8 Å². The Morgan fingerprint density at radius 1 is 1.55 bits per heavy atom. The van der Waals surface area contributed by atoms with E-state index < -0.39 is 11.9 Å². The summed E-state index contributed by atoms with van der Waals surface area (Å²) in [5.41, 5.74) is 5.82. The summed E-state index contributed by atoms with van der Waals surface area (Å²) in [6, 6.07) is 0.872. The molecule has 2 rings (SSSR count). The molecule has 1 heterocycles. The van der Waals surface area contributed by atoms with E-state index in [-0.39, 0.29) is 11.7 Å². The van der Waals surface area contributed by atoms with Gasteiger partial charge in [0.2, 0.25) is 11.7 Å². The molecule has 0 bridgehead atoms. The summed E-state index contributed by atoms with van der Waals surface area (Å²) in [7, 11) is 1.59. The van der Waals surface area contributed by atoms with Crippen LogP contribution in [0.15, 0.2) is 16.8 Å². The predicted molar refractivity (Wildman–Crippen MR) is 81.9 cm³/mol. The summed E-state index contributed by atoms with van der Waals surface area (Å²) in [6.45, 7) is 4.50. The second-order valence-electron chi connectivity index (χ2n) is 7.07. The third-order valence-electron chi connectivity index (χ3n) is 4.63. The number of amides is 2. The van der Waals surface area contributed by atoms with Crippen LogP contribution in [-0.2, 0) is 4.79 Å². The topological polar surface area (TPSA) is 89.4 Å². The van der Waals surface area contributed by atoms with E-state index in [2.05, 4.69) is 19.0 Å². The van der Waals surface area contributed by atoms with Crippen LogP contribution in [0.3, 0.4) is 0 Å². The van der Waals surface area contributed by atoms with Crippen LogP contribution in [-0.4, -0.2) is 35.0 Å².